The molecule has 8 heteroatoms. The van der Waals surface area contributed by atoms with Crippen LogP contribution in [0.5, 0.6) is 0 Å². The molecule has 2 atom stereocenters. The predicted octanol–water partition coefficient (Wildman–Crippen LogP) is 2.78. The third kappa shape index (κ3) is 4.49. The number of hydrogen-bond donors (Lipinski definition) is 0. The van der Waals surface area contributed by atoms with Crippen LogP contribution in [0.15, 0.2) is 29.4 Å². The highest BCUT2D eigenvalue weighted by molar-refractivity contribution is 7.99. The first-order chi connectivity index (χ1) is 14.5. The Hall–Kier alpha value is -2.06. The summed E-state index contributed by atoms with van der Waals surface area (Å²) < 4.78 is 7.31. The molecule has 2 amide bonds. The van der Waals surface area contributed by atoms with Gasteiger partial charge in [0.05, 0.1) is 30.0 Å². The summed E-state index contributed by atoms with van der Waals surface area (Å²) in [6.07, 6.45) is 3.28. The van der Waals surface area contributed by atoms with Gasteiger partial charge in [0, 0.05) is 25.2 Å². The molecule has 2 fully saturated rings. The number of imidazole rings is 1. The number of carbonyl (C=O) groups is 2. The van der Waals surface area contributed by atoms with E-state index in [0.717, 1.165) is 29.0 Å². The van der Waals surface area contributed by atoms with Crippen molar-refractivity contribution in [2.45, 2.75) is 56.9 Å². The third-order valence-corrected chi connectivity index (χ3v) is 7.04. The van der Waals surface area contributed by atoms with Gasteiger partial charge in [-0.3, -0.25) is 9.59 Å². The van der Waals surface area contributed by atoms with E-state index in [1.807, 2.05) is 38.6 Å². The van der Waals surface area contributed by atoms with Crippen molar-refractivity contribution < 1.29 is 14.3 Å². The summed E-state index contributed by atoms with van der Waals surface area (Å²) in [5.74, 6) is 0.527. The monoisotopic (exact) mass is 430 g/mol. The molecule has 0 bridgehead atoms. The predicted molar refractivity (Wildman–Crippen MR) is 117 cm³/mol. The normalized spacial score (nSPS) is 22.5. The molecule has 162 valence electrons. The number of amides is 2. The van der Waals surface area contributed by atoms with E-state index in [-0.39, 0.29) is 30.4 Å². The van der Waals surface area contributed by atoms with Gasteiger partial charge in [-0.25, -0.2) is 4.98 Å². The Kier molecular flexibility index (Phi) is 6.63. The molecule has 1 aromatic heterocycles. The van der Waals surface area contributed by atoms with Crippen LogP contribution in [0.25, 0.3) is 11.0 Å². The smallest absolute Gasteiger partial charge is 0.243 e. The fourth-order valence-electron chi connectivity index (χ4n) is 4.48. The van der Waals surface area contributed by atoms with Crippen LogP contribution >= 0.6 is 11.8 Å². The van der Waals surface area contributed by atoms with Crippen LogP contribution in [0.2, 0.25) is 0 Å². The number of carbonyl (C=O) groups excluding carboxylic acids is 2. The van der Waals surface area contributed by atoms with Crippen LogP contribution in [0.4, 0.5) is 0 Å². The van der Waals surface area contributed by atoms with E-state index in [1.165, 1.54) is 18.2 Å². The average Bonchev–Trinajstić information content (AvgIpc) is 3.10. The lowest BCUT2D eigenvalue weighted by Crippen LogP contribution is -2.48. The molecule has 0 spiro atoms. The van der Waals surface area contributed by atoms with Crippen LogP contribution in [0, 0.1) is 0 Å². The Morgan fingerprint density at radius 2 is 1.80 bits per heavy atom. The Bertz CT molecular complexity index is 899. The molecule has 0 N–H and O–H groups in total. The molecule has 2 aliphatic heterocycles. The fourth-order valence-corrected chi connectivity index (χ4v) is 5.39. The van der Waals surface area contributed by atoms with E-state index in [0.29, 0.717) is 32.1 Å². The van der Waals surface area contributed by atoms with Gasteiger partial charge in [0.1, 0.15) is 6.54 Å². The lowest BCUT2D eigenvalue weighted by molar-refractivity contribution is -0.138. The van der Waals surface area contributed by atoms with Gasteiger partial charge in [-0.2, -0.15) is 0 Å². The highest BCUT2D eigenvalue weighted by Crippen LogP contribution is 2.27. The first-order valence-electron chi connectivity index (χ1n) is 10.8. The van der Waals surface area contributed by atoms with Crippen molar-refractivity contribution in [1.29, 1.82) is 0 Å². The number of thioether (sulfide) groups is 1. The second-order valence-corrected chi connectivity index (χ2v) is 9.12. The maximum absolute atomic E-state index is 13.2. The Balaban J connectivity index is 1.53. The number of benzene rings is 1. The quantitative estimate of drug-likeness (QED) is 0.683. The van der Waals surface area contributed by atoms with Gasteiger partial charge in [0.25, 0.3) is 0 Å². The number of para-hydroxylation sites is 2. The van der Waals surface area contributed by atoms with Crippen molar-refractivity contribution in [3.05, 3.63) is 24.3 Å². The van der Waals surface area contributed by atoms with E-state index >= 15 is 0 Å². The molecule has 0 unspecified atom stereocenters. The van der Waals surface area contributed by atoms with Gasteiger partial charge >= 0.3 is 0 Å². The summed E-state index contributed by atoms with van der Waals surface area (Å²) >= 11 is 1.41. The van der Waals surface area contributed by atoms with Crippen molar-refractivity contribution in [2.75, 3.05) is 32.1 Å². The lowest BCUT2D eigenvalue weighted by atomic mass is 9.97. The average molecular weight is 431 g/mol. The van der Waals surface area contributed by atoms with Gasteiger partial charge in [-0.1, -0.05) is 23.9 Å². The number of fused-ring (bicyclic) bond motifs is 1. The number of morpholine rings is 1. The molecule has 0 saturated carbocycles. The molecule has 2 saturated heterocycles. The third-order valence-electron chi connectivity index (χ3n) is 6.08. The molecule has 30 heavy (non-hydrogen) atoms. The van der Waals surface area contributed by atoms with Crippen LogP contribution in [-0.4, -0.2) is 75.3 Å². The zero-order valence-corrected chi connectivity index (χ0v) is 18.6. The summed E-state index contributed by atoms with van der Waals surface area (Å²) in [6, 6.07) is 8.38. The zero-order valence-electron chi connectivity index (χ0n) is 17.7. The first-order valence-corrected chi connectivity index (χ1v) is 11.8. The Morgan fingerprint density at radius 1 is 1.10 bits per heavy atom. The Morgan fingerprint density at radius 3 is 2.53 bits per heavy atom. The zero-order chi connectivity index (χ0) is 21.1. The van der Waals surface area contributed by atoms with Crippen molar-refractivity contribution in [2.24, 2.45) is 0 Å². The van der Waals surface area contributed by atoms with E-state index < -0.39 is 0 Å². The number of hydrogen-bond acceptors (Lipinski definition) is 5. The minimum absolute atomic E-state index is 0.0894. The van der Waals surface area contributed by atoms with Crippen molar-refractivity contribution in [1.82, 2.24) is 19.4 Å². The minimum atomic E-state index is 0.0894. The van der Waals surface area contributed by atoms with Crippen LogP contribution in [0.3, 0.4) is 0 Å². The van der Waals surface area contributed by atoms with Crippen LogP contribution < -0.4 is 0 Å². The molecule has 2 aliphatic rings. The van der Waals surface area contributed by atoms with E-state index in [4.69, 9.17) is 9.72 Å². The molecule has 0 aliphatic carbocycles. The first kappa shape index (κ1) is 21.2. The summed E-state index contributed by atoms with van der Waals surface area (Å²) in [4.78, 5) is 34.4. The highest BCUT2D eigenvalue weighted by atomic mass is 32.2. The standard InChI is InChI=1S/C22H30N4O3S/c1-16-6-5-7-17(2)26(16)20(27)14-25-19-9-4-3-8-18(19)23-22(25)30-15-21(28)24-10-12-29-13-11-24/h3-4,8-9,16-17H,5-7,10-15H2,1-2H3/t16-,17+. The van der Waals surface area contributed by atoms with E-state index in [2.05, 4.69) is 13.8 Å². The number of ether oxygens (including phenoxy) is 1. The van der Waals surface area contributed by atoms with Crippen molar-refractivity contribution in [3.63, 3.8) is 0 Å². The Labute approximate surface area is 181 Å². The number of nitrogens with zero attached hydrogens (tertiary/aromatic N) is 4. The van der Waals surface area contributed by atoms with Gasteiger partial charge in [-0.15, -0.1) is 0 Å². The topological polar surface area (TPSA) is 67.7 Å². The number of aromatic nitrogens is 2. The van der Waals surface area contributed by atoms with Gasteiger partial charge in [-0.05, 0) is 45.2 Å². The van der Waals surface area contributed by atoms with E-state index in [9.17, 15) is 9.59 Å². The number of likely N-dealkylation sites (tertiary alicyclic amines) is 1. The maximum Gasteiger partial charge on any atom is 0.243 e. The van der Waals surface area contributed by atoms with E-state index in [1.54, 1.807) is 0 Å². The van der Waals surface area contributed by atoms with Gasteiger partial charge < -0.3 is 19.1 Å². The van der Waals surface area contributed by atoms with Gasteiger partial charge in [0.15, 0.2) is 5.16 Å². The molecular formula is C22H30N4O3S. The second-order valence-electron chi connectivity index (χ2n) is 8.18. The minimum Gasteiger partial charge on any atom is -0.378 e. The lowest BCUT2D eigenvalue weighted by Gasteiger charge is -2.39. The van der Waals surface area contributed by atoms with Gasteiger partial charge in [0.2, 0.25) is 11.8 Å². The maximum atomic E-state index is 13.2. The number of rotatable bonds is 5. The summed E-state index contributed by atoms with van der Waals surface area (Å²) in [5, 5.41) is 0.725. The summed E-state index contributed by atoms with van der Waals surface area (Å²) in [7, 11) is 0. The molecule has 0 radical (unpaired) electrons. The molecule has 7 nitrogen and oxygen atoms in total. The van der Waals surface area contributed by atoms with Crippen LogP contribution in [-0.2, 0) is 20.9 Å². The summed E-state index contributed by atoms with van der Waals surface area (Å²) in [6.45, 7) is 6.99. The largest absolute Gasteiger partial charge is 0.378 e. The van der Waals surface area contributed by atoms with Crippen LogP contribution in [0.1, 0.15) is 33.1 Å². The molecule has 3 heterocycles. The summed E-state index contributed by atoms with van der Waals surface area (Å²) in [5.41, 5.74) is 1.79. The molecule has 2 aromatic rings. The van der Waals surface area contributed by atoms with Crippen molar-refractivity contribution in [3.8, 4) is 0 Å². The molecule has 4 rings (SSSR count). The number of piperidine rings is 1. The SMILES string of the molecule is C[C@@H]1CCC[C@H](C)N1C(=O)Cn1c(SCC(=O)N2CCOCC2)nc2ccccc21. The molecular weight excluding hydrogens is 400 g/mol. The fraction of sp³-hybridized carbons (Fsp3) is 0.591. The molecule has 1 aromatic carbocycles. The van der Waals surface area contributed by atoms with Crippen molar-refractivity contribution >= 4 is 34.6 Å². The second kappa shape index (κ2) is 9.39. The highest BCUT2D eigenvalue weighted by Gasteiger charge is 2.30.